The number of rotatable bonds is 12. The van der Waals surface area contributed by atoms with Crippen molar-refractivity contribution in [2.24, 2.45) is 5.92 Å². The lowest BCUT2D eigenvalue weighted by Gasteiger charge is -2.25. The van der Waals surface area contributed by atoms with Gasteiger partial charge in [0.15, 0.2) is 0 Å². The molecule has 0 aliphatic heterocycles. The normalized spacial score (nSPS) is 15.9. The molecule has 130 valence electrons. The molecule has 0 aromatic carbocycles. The third-order valence-electron chi connectivity index (χ3n) is 3.25. The second-order valence-electron chi connectivity index (χ2n) is 5.25. The van der Waals surface area contributed by atoms with Crippen LogP contribution in [0.4, 0.5) is 0 Å². The highest BCUT2D eigenvalue weighted by molar-refractivity contribution is 7.75. The van der Waals surface area contributed by atoms with Gasteiger partial charge in [0.1, 0.15) is 18.8 Å². The second kappa shape index (κ2) is 13.2. The van der Waals surface area contributed by atoms with Crippen LogP contribution in [-0.4, -0.2) is 31.9 Å². The van der Waals surface area contributed by atoms with Crippen molar-refractivity contribution >= 4 is 18.9 Å². The van der Waals surface area contributed by atoms with Crippen LogP contribution >= 0.6 is 12.9 Å². The van der Waals surface area contributed by atoms with Gasteiger partial charge in [-0.2, -0.15) is 0 Å². The molecule has 0 radical (unpaired) electrons. The van der Waals surface area contributed by atoms with E-state index in [1.165, 1.54) is 6.08 Å². The quantitative estimate of drug-likeness (QED) is 0.145. The predicted molar refractivity (Wildman–Crippen MR) is 97.3 cm³/mol. The molecule has 0 aromatic heterocycles. The maximum Gasteiger partial charge on any atom is 0.330 e. The summed E-state index contributed by atoms with van der Waals surface area (Å²) in [5.41, 5.74) is 0.930. The number of carbonyl (C=O) groups is 1. The SMILES string of the molecule is C=CCC/C=C/C(=O)OC/C(C)=C\[C@@H](C)[C@H](OS)C(C=C)OC. The first-order valence-electron chi connectivity index (χ1n) is 7.57. The van der Waals surface area contributed by atoms with Gasteiger partial charge >= 0.3 is 5.97 Å². The summed E-state index contributed by atoms with van der Waals surface area (Å²) in [7, 11) is 1.59. The van der Waals surface area contributed by atoms with Gasteiger partial charge in [-0.15, -0.1) is 13.2 Å². The molecule has 0 rings (SSSR count). The van der Waals surface area contributed by atoms with Gasteiger partial charge in [0.25, 0.3) is 0 Å². The average Bonchev–Trinajstić information content (AvgIpc) is 2.54. The maximum absolute atomic E-state index is 11.6. The number of thiol groups is 1. The summed E-state index contributed by atoms with van der Waals surface area (Å²) in [5, 5.41) is 0. The molecule has 0 N–H and O–H groups in total. The number of unbranched alkanes of at least 4 members (excludes halogenated alkanes) is 1. The Morgan fingerprint density at radius 2 is 2.00 bits per heavy atom. The highest BCUT2D eigenvalue weighted by Gasteiger charge is 2.24. The van der Waals surface area contributed by atoms with E-state index in [0.29, 0.717) is 0 Å². The highest BCUT2D eigenvalue weighted by Crippen LogP contribution is 2.19. The van der Waals surface area contributed by atoms with Gasteiger partial charge in [-0.3, -0.25) is 0 Å². The molecular formula is C18H28O4S. The van der Waals surface area contributed by atoms with E-state index < -0.39 is 0 Å². The van der Waals surface area contributed by atoms with Crippen LogP contribution < -0.4 is 0 Å². The lowest BCUT2D eigenvalue weighted by Crippen LogP contribution is -2.32. The predicted octanol–water partition coefficient (Wildman–Crippen LogP) is 4.07. The molecule has 1 unspecified atom stereocenters. The van der Waals surface area contributed by atoms with E-state index in [-0.39, 0.29) is 30.7 Å². The fourth-order valence-corrected chi connectivity index (χ4v) is 2.35. The molecule has 0 heterocycles. The van der Waals surface area contributed by atoms with Gasteiger partial charge in [-0.05, 0) is 38.2 Å². The molecule has 5 heteroatoms. The molecule has 0 bridgehead atoms. The van der Waals surface area contributed by atoms with Crippen LogP contribution in [0.2, 0.25) is 0 Å². The van der Waals surface area contributed by atoms with Gasteiger partial charge in [-0.25, -0.2) is 4.79 Å². The van der Waals surface area contributed by atoms with E-state index in [9.17, 15) is 4.79 Å². The Bertz CT molecular complexity index is 429. The standard InChI is InChI=1S/C18H28O4S/c1-6-8-9-10-11-17(19)21-13-14(3)12-15(4)18(22-23)16(7-2)20-5/h6-7,10-12,15-16,18,23H,1-2,8-9,13H2,3-5H3/b11-10+,14-12-/t15-,16?,18+/m1/s1. The average molecular weight is 340 g/mol. The van der Waals surface area contributed by atoms with Gasteiger partial charge in [-0.1, -0.05) is 31.2 Å². The minimum absolute atomic E-state index is 0.0253. The van der Waals surface area contributed by atoms with Crippen molar-refractivity contribution in [2.75, 3.05) is 13.7 Å². The van der Waals surface area contributed by atoms with Crippen LogP contribution in [0.1, 0.15) is 26.7 Å². The lowest BCUT2D eigenvalue weighted by atomic mass is 9.97. The van der Waals surface area contributed by atoms with Crippen LogP contribution in [0.25, 0.3) is 0 Å². The number of methoxy groups -OCH3 is 1. The summed E-state index contributed by atoms with van der Waals surface area (Å²) in [6.07, 6.45) is 9.77. The number of allylic oxidation sites excluding steroid dienone is 2. The van der Waals surface area contributed by atoms with Gasteiger partial charge in [0.05, 0.1) is 0 Å². The Morgan fingerprint density at radius 3 is 2.52 bits per heavy atom. The third kappa shape index (κ3) is 9.43. The molecule has 0 aliphatic carbocycles. The fourth-order valence-electron chi connectivity index (χ4n) is 2.04. The summed E-state index contributed by atoms with van der Waals surface area (Å²) in [5.74, 6) is -0.324. The molecule has 4 nitrogen and oxygen atoms in total. The van der Waals surface area contributed by atoms with Crippen LogP contribution in [-0.2, 0) is 18.5 Å². The molecule has 3 atom stereocenters. The fraction of sp³-hybridized carbons (Fsp3) is 0.500. The summed E-state index contributed by atoms with van der Waals surface area (Å²) in [6.45, 7) is 11.5. The summed E-state index contributed by atoms with van der Waals surface area (Å²) in [4.78, 5) is 11.6. The molecule has 0 spiro atoms. The van der Waals surface area contributed by atoms with E-state index in [2.05, 4.69) is 26.1 Å². The Kier molecular flexibility index (Phi) is 12.4. The zero-order chi connectivity index (χ0) is 17.7. The number of hydrogen-bond acceptors (Lipinski definition) is 5. The first kappa shape index (κ1) is 21.7. The smallest absolute Gasteiger partial charge is 0.330 e. The van der Waals surface area contributed by atoms with Crippen molar-refractivity contribution in [3.05, 3.63) is 49.1 Å². The van der Waals surface area contributed by atoms with Gasteiger partial charge in [0.2, 0.25) is 0 Å². The van der Waals surface area contributed by atoms with Crippen molar-refractivity contribution in [3.8, 4) is 0 Å². The first-order chi connectivity index (χ1) is 11.0. The number of esters is 1. The van der Waals surface area contributed by atoms with Crippen LogP contribution in [0.15, 0.2) is 49.1 Å². The van der Waals surface area contributed by atoms with Gasteiger partial charge < -0.3 is 13.7 Å². The maximum atomic E-state index is 11.6. The number of hydrogen-bond donors (Lipinski definition) is 1. The molecular weight excluding hydrogens is 312 g/mol. The van der Waals surface area contributed by atoms with Crippen LogP contribution in [0.3, 0.4) is 0 Å². The first-order valence-corrected chi connectivity index (χ1v) is 7.93. The minimum atomic E-state index is -0.350. The zero-order valence-electron chi connectivity index (χ0n) is 14.2. The second-order valence-corrected chi connectivity index (χ2v) is 5.47. The molecule has 23 heavy (non-hydrogen) atoms. The van der Waals surface area contributed by atoms with Crippen molar-refractivity contribution in [1.29, 1.82) is 0 Å². The van der Waals surface area contributed by atoms with E-state index in [4.69, 9.17) is 13.7 Å². The Labute approximate surface area is 145 Å². The van der Waals surface area contributed by atoms with Crippen LogP contribution in [0, 0.1) is 5.92 Å². The molecule has 0 aliphatic rings. The topological polar surface area (TPSA) is 44.8 Å². The monoisotopic (exact) mass is 340 g/mol. The highest BCUT2D eigenvalue weighted by atomic mass is 32.1. The third-order valence-corrected chi connectivity index (χ3v) is 3.49. The van der Waals surface area contributed by atoms with Crippen LogP contribution in [0.5, 0.6) is 0 Å². The Balaban J connectivity index is 4.46. The van der Waals surface area contributed by atoms with Crippen molar-refractivity contribution < 1.29 is 18.5 Å². The van der Waals surface area contributed by atoms with E-state index >= 15 is 0 Å². The van der Waals surface area contributed by atoms with E-state index in [0.717, 1.165) is 18.4 Å². The summed E-state index contributed by atoms with van der Waals surface area (Å²) in [6, 6.07) is 0. The molecule has 0 amide bonds. The summed E-state index contributed by atoms with van der Waals surface area (Å²) < 4.78 is 15.7. The van der Waals surface area contributed by atoms with Gasteiger partial charge in [0, 0.05) is 19.1 Å². The molecule has 0 saturated heterocycles. The molecule has 0 saturated carbocycles. The number of ether oxygens (including phenoxy) is 2. The molecule has 0 aromatic rings. The lowest BCUT2D eigenvalue weighted by molar-refractivity contribution is -0.136. The Morgan fingerprint density at radius 1 is 1.30 bits per heavy atom. The van der Waals surface area contributed by atoms with Crippen molar-refractivity contribution in [2.45, 2.75) is 38.9 Å². The summed E-state index contributed by atoms with van der Waals surface area (Å²) >= 11 is 3.91. The van der Waals surface area contributed by atoms with E-state index in [1.54, 1.807) is 25.3 Å². The molecule has 0 fully saturated rings. The van der Waals surface area contributed by atoms with E-state index in [1.807, 2.05) is 19.9 Å². The Hall–Kier alpha value is -1.30. The van der Waals surface area contributed by atoms with Crippen molar-refractivity contribution in [1.82, 2.24) is 0 Å². The van der Waals surface area contributed by atoms with Crippen molar-refractivity contribution in [3.63, 3.8) is 0 Å². The zero-order valence-corrected chi connectivity index (χ0v) is 15.1. The minimum Gasteiger partial charge on any atom is -0.458 e. The number of carbonyl (C=O) groups excluding carboxylic acids is 1. The largest absolute Gasteiger partial charge is 0.458 e.